The number of amides is 2. The van der Waals surface area contributed by atoms with E-state index in [-0.39, 0.29) is 17.4 Å². The highest BCUT2D eigenvalue weighted by Gasteiger charge is 2.16. The van der Waals surface area contributed by atoms with Gasteiger partial charge in [0.05, 0.1) is 5.52 Å². The van der Waals surface area contributed by atoms with Gasteiger partial charge in [-0.3, -0.25) is 19.6 Å². The largest absolute Gasteiger partial charge is 0.346 e. The lowest BCUT2D eigenvalue weighted by Crippen LogP contribution is -2.24. The monoisotopic (exact) mass is 435 g/mol. The zero-order chi connectivity index (χ0) is 23.1. The van der Waals surface area contributed by atoms with E-state index in [4.69, 9.17) is 5.21 Å². The average molecular weight is 436 g/mol. The Hall–Kier alpha value is -3.45. The van der Waals surface area contributed by atoms with Crippen LogP contribution in [0.2, 0.25) is 0 Å². The summed E-state index contributed by atoms with van der Waals surface area (Å²) in [6.45, 7) is 4.81. The number of hydrogen-bond acceptors (Lipinski definition) is 4. The summed E-state index contributed by atoms with van der Waals surface area (Å²) in [7, 11) is 0. The van der Waals surface area contributed by atoms with Crippen molar-refractivity contribution in [1.82, 2.24) is 10.0 Å². The van der Waals surface area contributed by atoms with Crippen molar-refractivity contribution in [3.05, 3.63) is 76.1 Å². The fraction of sp³-hybridized carbons (Fsp3) is 0.320. The summed E-state index contributed by atoms with van der Waals surface area (Å²) in [5.74, 6) is -0.448. The lowest BCUT2D eigenvalue weighted by Gasteiger charge is -2.14. The maximum Gasteiger partial charge on any atom is 0.261 e. The van der Waals surface area contributed by atoms with Gasteiger partial charge in [-0.1, -0.05) is 44.5 Å². The molecule has 0 aliphatic heterocycles. The SMILES string of the molecule is CC(C)c1ccc(NC(=O)c2cn(CCCCCC(=O)NO)c3ccccc3c2=O)cc1. The molecule has 0 radical (unpaired) electrons. The average Bonchev–Trinajstić information content (AvgIpc) is 2.80. The molecule has 32 heavy (non-hydrogen) atoms. The van der Waals surface area contributed by atoms with Crippen LogP contribution in [-0.2, 0) is 11.3 Å². The summed E-state index contributed by atoms with van der Waals surface area (Å²) in [6, 6.07) is 14.9. The van der Waals surface area contributed by atoms with E-state index in [1.807, 2.05) is 41.0 Å². The zero-order valence-corrected chi connectivity index (χ0v) is 18.4. The number of nitrogens with zero attached hydrogens (tertiary/aromatic N) is 1. The molecular weight excluding hydrogens is 406 g/mol. The number of fused-ring (bicyclic) bond motifs is 1. The first kappa shape index (κ1) is 23.2. The normalized spacial score (nSPS) is 11.0. The molecule has 0 unspecified atom stereocenters. The molecule has 2 aromatic carbocycles. The lowest BCUT2D eigenvalue weighted by atomic mass is 10.0. The maximum atomic E-state index is 13.0. The number of hydroxylamine groups is 1. The molecule has 0 bridgehead atoms. The van der Waals surface area contributed by atoms with E-state index in [9.17, 15) is 14.4 Å². The highest BCUT2D eigenvalue weighted by Crippen LogP contribution is 2.18. The molecule has 0 atom stereocenters. The van der Waals surface area contributed by atoms with Crippen molar-refractivity contribution in [2.45, 2.75) is 52.0 Å². The van der Waals surface area contributed by atoms with Gasteiger partial charge in [0.15, 0.2) is 0 Å². The molecule has 7 nitrogen and oxygen atoms in total. The molecule has 0 spiro atoms. The third-order valence-electron chi connectivity index (χ3n) is 5.50. The molecule has 0 aliphatic rings. The summed E-state index contributed by atoms with van der Waals surface area (Å²) >= 11 is 0. The van der Waals surface area contributed by atoms with Gasteiger partial charge in [-0.2, -0.15) is 0 Å². The Kier molecular flexibility index (Phi) is 7.78. The predicted octanol–water partition coefficient (Wildman–Crippen LogP) is 4.44. The van der Waals surface area contributed by atoms with E-state index in [1.54, 1.807) is 23.8 Å². The van der Waals surface area contributed by atoms with E-state index in [1.165, 1.54) is 5.56 Å². The number of rotatable bonds is 9. The van der Waals surface area contributed by atoms with Crippen LogP contribution in [0.5, 0.6) is 0 Å². The van der Waals surface area contributed by atoms with Crippen molar-refractivity contribution in [2.24, 2.45) is 0 Å². The van der Waals surface area contributed by atoms with Gasteiger partial charge in [0.1, 0.15) is 5.56 Å². The quantitative estimate of drug-likeness (QED) is 0.263. The van der Waals surface area contributed by atoms with E-state index in [2.05, 4.69) is 19.2 Å². The molecule has 0 aliphatic carbocycles. The Morgan fingerprint density at radius 1 is 1.00 bits per heavy atom. The van der Waals surface area contributed by atoms with Crippen molar-refractivity contribution >= 4 is 28.4 Å². The van der Waals surface area contributed by atoms with Crippen molar-refractivity contribution in [2.75, 3.05) is 5.32 Å². The summed E-state index contributed by atoms with van der Waals surface area (Å²) in [5, 5.41) is 11.9. The second-order valence-corrected chi connectivity index (χ2v) is 8.16. The van der Waals surface area contributed by atoms with Gasteiger partial charge in [0.25, 0.3) is 5.91 Å². The fourth-order valence-electron chi connectivity index (χ4n) is 3.64. The molecule has 0 saturated heterocycles. The van der Waals surface area contributed by atoms with E-state index >= 15 is 0 Å². The zero-order valence-electron chi connectivity index (χ0n) is 18.4. The number of nitrogens with one attached hydrogen (secondary N) is 2. The van der Waals surface area contributed by atoms with Gasteiger partial charge in [0, 0.05) is 30.2 Å². The number of unbranched alkanes of at least 4 members (excludes halogenated alkanes) is 2. The van der Waals surface area contributed by atoms with E-state index in [0.717, 1.165) is 18.4 Å². The second-order valence-electron chi connectivity index (χ2n) is 8.16. The Morgan fingerprint density at radius 3 is 2.41 bits per heavy atom. The summed E-state index contributed by atoms with van der Waals surface area (Å²) in [5.41, 5.74) is 4.00. The summed E-state index contributed by atoms with van der Waals surface area (Å²) in [4.78, 5) is 37.1. The minimum absolute atomic E-state index is 0.0938. The molecule has 7 heteroatoms. The first-order valence-corrected chi connectivity index (χ1v) is 10.9. The van der Waals surface area contributed by atoms with Gasteiger partial charge < -0.3 is 9.88 Å². The lowest BCUT2D eigenvalue weighted by molar-refractivity contribution is -0.129. The third kappa shape index (κ3) is 5.62. The Bertz CT molecular complexity index is 1150. The van der Waals surface area contributed by atoms with Crippen LogP contribution in [0, 0.1) is 0 Å². The minimum atomic E-state index is -0.439. The number of carbonyl (C=O) groups excluding carboxylic acids is 2. The molecule has 3 N–H and O–H groups in total. The number of aromatic nitrogens is 1. The van der Waals surface area contributed by atoms with Crippen molar-refractivity contribution in [3.8, 4) is 0 Å². The number of para-hydroxylation sites is 1. The standard InChI is InChI=1S/C25H29N3O4/c1-17(2)18-11-13-19(14-12-18)26-25(31)21-16-28(15-7-3-4-10-23(29)27-32)22-9-6-5-8-20(22)24(21)30/h5-6,8-9,11-14,16-17,32H,3-4,7,10,15H2,1-2H3,(H,26,31)(H,27,29). The molecule has 3 rings (SSSR count). The number of aryl methyl sites for hydroxylation is 1. The van der Waals surface area contributed by atoms with E-state index < -0.39 is 11.8 Å². The van der Waals surface area contributed by atoms with E-state index in [0.29, 0.717) is 30.0 Å². The molecule has 2 amide bonds. The Morgan fingerprint density at radius 2 is 1.72 bits per heavy atom. The van der Waals surface area contributed by atoms with Crippen LogP contribution in [-0.4, -0.2) is 21.6 Å². The number of anilines is 1. The maximum absolute atomic E-state index is 13.0. The Balaban J connectivity index is 1.80. The van der Waals surface area contributed by atoms with Crippen LogP contribution in [0.1, 0.15) is 61.4 Å². The predicted molar refractivity (Wildman–Crippen MR) is 125 cm³/mol. The topological polar surface area (TPSA) is 100 Å². The van der Waals surface area contributed by atoms with Gasteiger partial charge in [-0.25, -0.2) is 5.48 Å². The molecule has 1 heterocycles. The molecule has 3 aromatic rings. The van der Waals surface area contributed by atoms with Crippen molar-refractivity contribution in [3.63, 3.8) is 0 Å². The van der Waals surface area contributed by atoms with Crippen molar-refractivity contribution < 1.29 is 14.8 Å². The molecule has 0 saturated carbocycles. The van der Waals surface area contributed by atoms with Crippen LogP contribution < -0.4 is 16.2 Å². The fourth-order valence-corrected chi connectivity index (χ4v) is 3.64. The molecule has 0 fully saturated rings. The van der Waals surface area contributed by atoms with Gasteiger partial charge in [-0.05, 0) is 48.6 Å². The Labute approximate surface area is 187 Å². The first-order valence-electron chi connectivity index (χ1n) is 10.9. The van der Waals surface area contributed by atoms with Gasteiger partial charge >= 0.3 is 0 Å². The molecular formula is C25H29N3O4. The number of carbonyl (C=O) groups is 2. The first-order chi connectivity index (χ1) is 15.4. The molecule has 1 aromatic heterocycles. The number of pyridine rings is 1. The number of hydrogen-bond donors (Lipinski definition) is 3. The van der Waals surface area contributed by atoms with Crippen LogP contribution in [0.3, 0.4) is 0 Å². The smallest absolute Gasteiger partial charge is 0.261 e. The highest BCUT2D eigenvalue weighted by atomic mass is 16.5. The van der Waals surface area contributed by atoms with Crippen LogP contribution >= 0.6 is 0 Å². The van der Waals surface area contributed by atoms with Crippen molar-refractivity contribution in [1.29, 1.82) is 0 Å². The number of benzene rings is 2. The van der Waals surface area contributed by atoms with Gasteiger partial charge in [0.2, 0.25) is 11.3 Å². The van der Waals surface area contributed by atoms with Gasteiger partial charge in [-0.15, -0.1) is 0 Å². The van der Waals surface area contributed by atoms with Crippen LogP contribution in [0.4, 0.5) is 5.69 Å². The molecule has 168 valence electrons. The third-order valence-corrected chi connectivity index (χ3v) is 5.50. The van der Waals surface area contributed by atoms with Crippen LogP contribution in [0.15, 0.2) is 59.5 Å². The second kappa shape index (κ2) is 10.7. The minimum Gasteiger partial charge on any atom is -0.346 e. The summed E-state index contributed by atoms with van der Waals surface area (Å²) in [6.07, 6.45) is 4.05. The highest BCUT2D eigenvalue weighted by molar-refractivity contribution is 6.05. The summed E-state index contributed by atoms with van der Waals surface area (Å²) < 4.78 is 1.92. The van der Waals surface area contributed by atoms with Crippen LogP contribution in [0.25, 0.3) is 10.9 Å².